The SMILES string of the molecule is NC1c2ccccc2OCC1Sc1cccs1. The van der Waals surface area contributed by atoms with Crippen molar-refractivity contribution in [2.75, 3.05) is 6.61 Å². The number of hydrogen-bond donors (Lipinski definition) is 1. The third kappa shape index (κ3) is 2.20. The molecule has 0 saturated carbocycles. The largest absolute Gasteiger partial charge is 0.492 e. The topological polar surface area (TPSA) is 35.2 Å². The van der Waals surface area contributed by atoms with Crippen molar-refractivity contribution in [2.45, 2.75) is 15.5 Å². The Bertz CT molecular complexity index is 498. The van der Waals surface area contributed by atoms with Crippen LogP contribution in [0.4, 0.5) is 0 Å². The molecule has 2 aromatic rings. The highest BCUT2D eigenvalue weighted by Crippen LogP contribution is 2.39. The molecule has 1 aromatic heterocycles. The fourth-order valence-corrected chi connectivity index (χ4v) is 4.04. The zero-order valence-corrected chi connectivity index (χ0v) is 10.8. The van der Waals surface area contributed by atoms with Crippen LogP contribution in [0.5, 0.6) is 5.75 Å². The molecule has 88 valence electrons. The molecule has 0 aliphatic carbocycles. The summed E-state index contributed by atoms with van der Waals surface area (Å²) in [6.45, 7) is 0.681. The van der Waals surface area contributed by atoms with Gasteiger partial charge in [-0.2, -0.15) is 0 Å². The van der Waals surface area contributed by atoms with Crippen LogP contribution in [0, 0.1) is 0 Å². The van der Waals surface area contributed by atoms with E-state index in [1.807, 2.05) is 30.0 Å². The molecule has 17 heavy (non-hydrogen) atoms. The summed E-state index contributed by atoms with van der Waals surface area (Å²) < 4.78 is 7.06. The van der Waals surface area contributed by atoms with Gasteiger partial charge in [-0.1, -0.05) is 24.3 Å². The minimum atomic E-state index is 0.0482. The quantitative estimate of drug-likeness (QED) is 0.903. The molecule has 0 radical (unpaired) electrons. The fraction of sp³-hybridized carbons (Fsp3) is 0.231. The molecule has 1 aromatic carbocycles. The number of benzene rings is 1. The normalized spacial score (nSPS) is 22.9. The Labute approximate surface area is 109 Å². The number of para-hydroxylation sites is 1. The standard InChI is InChI=1S/C13H13NOS2/c14-13-9-4-1-2-5-10(9)15-8-11(13)17-12-6-3-7-16-12/h1-7,11,13H,8,14H2. The lowest BCUT2D eigenvalue weighted by molar-refractivity contribution is 0.276. The average Bonchev–Trinajstić information content (AvgIpc) is 2.86. The van der Waals surface area contributed by atoms with Crippen LogP contribution < -0.4 is 10.5 Å². The maximum atomic E-state index is 6.31. The summed E-state index contributed by atoms with van der Waals surface area (Å²) in [7, 11) is 0. The maximum absolute atomic E-state index is 6.31. The number of rotatable bonds is 2. The van der Waals surface area contributed by atoms with Gasteiger partial charge in [-0.25, -0.2) is 0 Å². The average molecular weight is 263 g/mol. The van der Waals surface area contributed by atoms with Gasteiger partial charge in [0.25, 0.3) is 0 Å². The summed E-state index contributed by atoms with van der Waals surface area (Å²) in [4.78, 5) is 0. The highest BCUT2D eigenvalue weighted by Gasteiger charge is 2.28. The number of nitrogens with two attached hydrogens (primary N) is 1. The van der Waals surface area contributed by atoms with Crippen molar-refractivity contribution in [3.63, 3.8) is 0 Å². The summed E-state index contributed by atoms with van der Waals surface area (Å²) >= 11 is 3.56. The van der Waals surface area contributed by atoms with E-state index in [0.29, 0.717) is 11.9 Å². The molecule has 2 atom stereocenters. The van der Waals surface area contributed by atoms with Crippen LogP contribution in [0.2, 0.25) is 0 Å². The van der Waals surface area contributed by atoms with Gasteiger partial charge >= 0.3 is 0 Å². The number of hydrogen-bond acceptors (Lipinski definition) is 4. The van der Waals surface area contributed by atoms with Crippen molar-refractivity contribution in [1.82, 2.24) is 0 Å². The van der Waals surface area contributed by atoms with Crippen LogP contribution in [0.15, 0.2) is 46.0 Å². The molecule has 4 heteroatoms. The minimum Gasteiger partial charge on any atom is -0.492 e. The zero-order valence-electron chi connectivity index (χ0n) is 9.21. The number of thiophene rings is 1. The van der Waals surface area contributed by atoms with Crippen LogP contribution in [0.3, 0.4) is 0 Å². The molecule has 2 nitrogen and oxygen atoms in total. The van der Waals surface area contributed by atoms with Gasteiger partial charge in [0.1, 0.15) is 12.4 Å². The smallest absolute Gasteiger partial charge is 0.124 e. The predicted molar refractivity (Wildman–Crippen MR) is 72.8 cm³/mol. The first-order valence-electron chi connectivity index (χ1n) is 5.52. The molecule has 2 unspecified atom stereocenters. The van der Waals surface area contributed by atoms with E-state index in [1.54, 1.807) is 11.3 Å². The molecule has 2 N–H and O–H groups in total. The summed E-state index contributed by atoms with van der Waals surface area (Å²) in [5.41, 5.74) is 7.43. The van der Waals surface area contributed by atoms with Crippen molar-refractivity contribution in [3.8, 4) is 5.75 Å². The number of ether oxygens (including phenoxy) is 1. The molecule has 1 aliphatic heterocycles. The molecule has 3 rings (SSSR count). The monoisotopic (exact) mass is 263 g/mol. The van der Waals surface area contributed by atoms with Crippen molar-refractivity contribution in [1.29, 1.82) is 0 Å². The first kappa shape index (κ1) is 11.1. The Kier molecular flexibility index (Phi) is 3.09. The Balaban J connectivity index is 1.82. The second-order valence-corrected chi connectivity index (χ2v) is 6.45. The number of fused-ring (bicyclic) bond motifs is 1. The van der Waals surface area contributed by atoms with E-state index in [1.165, 1.54) is 4.21 Å². The highest BCUT2D eigenvalue weighted by molar-refractivity contribution is 8.01. The maximum Gasteiger partial charge on any atom is 0.124 e. The Morgan fingerprint density at radius 1 is 1.24 bits per heavy atom. The van der Waals surface area contributed by atoms with Gasteiger partial charge in [0.2, 0.25) is 0 Å². The molecular formula is C13H13NOS2. The van der Waals surface area contributed by atoms with Crippen molar-refractivity contribution in [2.24, 2.45) is 5.73 Å². The van der Waals surface area contributed by atoms with E-state index >= 15 is 0 Å². The van der Waals surface area contributed by atoms with E-state index in [0.717, 1.165) is 11.3 Å². The van der Waals surface area contributed by atoms with Crippen molar-refractivity contribution in [3.05, 3.63) is 47.3 Å². The Morgan fingerprint density at radius 2 is 2.12 bits per heavy atom. The molecule has 0 fully saturated rings. The summed E-state index contributed by atoms with van der Waals surface area (Å²) in [5, 5.41) is 2.38. The zero-order chi connectivity index (χ0) is 11.7. The van der Waals surface area contributed by atoms with Crippen LogP contribution in [0.1, 0.15) is 11.6 Å². The number of thioether (sulfide) groups is 1. The summed E-state index contributed by atoms with van der Waals surface area (Å²) in [5.74, 6) is 0.933. The van der Waals surface area contributed by atoms with Crippen molar-refractivity contribution < 1.29 is 4.74 Å². The lowest BCUT2D eigenvalue weighted by Crippen LogP contribution is -2.33. The first-order chi connectivity index (χ1) is 8.34. The van der Waals surface area contributed by atoms with E-state index in [2.05, 4.69) is 23.6 Å². The lowest BCUT2D eigenvalue weighted by Gasteiger charge is -2.30. The molecular weight excluding hydrogens is 250 g/mol. The molecule has 1 aliphatic rings. The van der Waals surface area contributed by atoms with E-state index in [-0.39, 0.29) is 6.04 Å². The summed E-state index contributed by atoms with van der Waals surface area (Å²) in [6, 6.07) is 12.3. The van der Waals surface area contributed by atoms with E-state index in [9.17, 15) is 0 Å². The predicted octanol–water partition coefficient (Wildman–Crippen LogP) is 3.30. The third-order valence-corrected chi connectivity index (χ3v) is 5.18. The van der Waals surface area contributed by atoms with Gasteiger partial charge in [-0.3, -0.25) is 0 Å². The molecule has 0 amide bonds. The molecule has 0 spiro atoms. The second kappa shape index (κ2) is 4.72. The van der Waals surface area contributed by atoms with Gasteiger partial charge in [0.15, 0.2) is 0 Å². The van der Waals surface area contributed by atoms with Crippen LogP contribution in [-0.4, -0.2) is 11.9 Å². The van der Waals surface area contributed by atoms with Gasteiger partial charge in [0, 0.05) is 11.6 Å². The van der Waals surface area contributed by atoms with Crippen LogP contribution in [-0.2, 0) is 0 Å². The first-order valence-corrected chi connectivity index (χ1v) is 7.28. The second-order valence-electron chi connectivity index (χ2n) is 3.96. The highest BCUT2D eigenvalue weighted by atomic mass is 32.2. The van der Waals surface area contributed by atoms with Gasteiger partial charge in [-0.05, 0) is 17.5 Å². The van der Waals surface area contributed by atoms with E-state index < -0.39 is 0 Å². The molecule has 0 saturated heterocycles. The Hall–Kier alpha value is -0.970. The third-order valence-electron chi connectivity index (χ3n) is 2.84. The summed E-state index contributed by atoms with van der Waals surface area (Å²) in [6.07, 6.45) is 0. The molecule has 2 heterocycles. The van der Waals surface area contributed by atoms with Crippen LogP contribution >= 0.6 is 23.1 Å². The van der Waals surface area contributed by atoms with Crippen LogP contribution in [0.25, 0.3) is 0 Å². The minimum absolute atomic E-state index is 0.0482. The van der Waals surface area contributed by atoms with Gasteiger partial charge in [0.05, 0.1) is 9.46 Å². The van der Waals surface area contributed by atoms with Crippen molar-refractivity contribution >= 4 is 23.1 Å². The van der Waals surface area contributed by atoms with Gasteiger partial charge in [-0.15, -0.1) is 23.1 Å². The fourth-order valence-electron chi connectivity index (χ4n) is 1.95. The van der Waals surface area contributed by atoms with E-state index in [4.69, 9.17) is 10.5 Å². The van der Waals surface area contributed by atoms with Gasteiger partial charge < -0.3 is 10.5 Å². The lowest BCUT2D eigenvalue weighted by atomic mass is 10.0. The Morgan fingerprint density at radius 3 is 2.94 bits per heavy atom. The molecule has 0 bridgehead atoms.